The molecule has 3 aromatic rings. The Morgan fingerprint density at radius 2 is 1.59 bits per heavy atom. The van der Waals surface area contributed by atoms with Crippen molar-refractivity contribution in [2.45, 2.75) is 31.9 Å². The van der Waals surface area contributed by atoms with Crippen molar-refractivity contribution in [2.75, 3.05) is 6.54 Å². The summed E-state index contributed by atoms with van der Waals surface area (Å²) in [7, 11) is 0. The van der Waals surface area contributed by atoms with E-state index in [2.05, 4.69) is 53.5 Å². The second kappa shape index (κ2) is 7.36. The molecule has 0 saturated carbocycles. The minimum Gasteiger partial charge on any atom is -0.467 e. The van der Waals surface area contributed by atoms with Gasteiger partial charge in [-0.2, -0.15) is 0 Å². The third-order valence-electron chi connectivity index (χ3n) is 6.15. The van der Waals surface area contributed by atoms with Crippen LogP contribution in [-0.4, -0.2) is 28.6 Å². The van der Waals surface area contributed by atoms with Gasteiger partial charge in [0.05, 0.1) is 0 Å². The van der Waals surface area contributed by atoms with Crippen molar-refractivity contribution in [3.05, 3.63) is 95.8 Å². The van der Waals surface area contributed by atoms with Gasteiger partial charge in [-0.25, -0.2) is 4.98 Å². The lowest BCUT2D eigenvalue weighted by Gasteiger charge is -2.51. The molecule has 0 N–H and O–H groups in total. The van der Waals surface area contributed by atoms with Gasteiger partial charge in [-0.3, -0.25) is 4.79 Å². The quantitative estimate of drug-likeness (QED) is 0.665. The van der Waals surface area contributed by atoms with Crippen LogP contribution in [0.3, 0.4) is 0 Å². The number of fused-ring (bicyclic) bond motifs is 2. The monoisotopic (exact) mass is 384 g/mol. The maximum Gasteiger partial charge on any atom is 0.279 e. The number of rotatable bonds is 4. The summed E-state index contributed by atoms with van der Waals surface area (Å²) in [5.41, 5.74) is 2.79. The number of pyridine rings is 1. The first-order chi connectivity index (χ1) is 14.3. The van der Waals surface area contributed by atoms with Crippen LogP contribution in [0, 0.1) is 5.41 Å². The van der Waals surface area contributed by atoms with Gasteiger partial charge in [0.2, 0.25) is 0 Å². The number of aromatic nitrogens is 1. The Morgan fingerprint density at radius 3 is 2.24 bits per heavy atom. The number of benzene rings is 2. The van der Waals surface area contributed by atoms with Gasteiger partial charge in [-0.15, -0.1) is 0 Å². The summed E-state index contributed by atoms with van der Waals surface area (Å²) in [5, 5.41) is 0. The first-order valence-corrected chi connectivity index (χ1v) is 10.3. The standard InChI is InChI=1S/C25H24N2O2/c28-23-22-21(13-7-15-26-22)29-24-25(14-8-16-27(23)24,17-19-9-3-1-4-10-19)18-20-11-5-2-6-12-20/h1-7,9-13,15,24H,8,14,16-18H2. The number of amides is 1. The summed E-state index contributed by atoms with van der Waals surface area (Å²) in [4.78, 5) is 19.4. The fraction of sp³-hybridized carbons (Fsp3) is 0.280. The van der Waals surface area contributed by atoms with Gasteiger partial charge in [-0.05, 0) is 48.9 Å². The summed E-state index contributed by atoms with van der Waals surface area (Å²) in [6.07, 6.45) is 5.08. The Morgan fingerprint density at radius 1 is 0.931 bits per heavy atom. The number of hydrogen-bond acceptors (Lipinski definition) is 3. The zero-order valence-corrected chi connectivity index (χ0v) is 16.3. The second-order valence-electron chi connectivity index (χ2n) is 8.11. The molecule has 1 amide bonds. The Hall–Kier alpha value is -3.14. The first-order valence-electron chi connectivity index (χ1n) is 10.3. The van der Waals surface area contributed by atoms with Crippen LogP contribution in [0.2, 0.25) is 0 Å². The van der Waals surface area contributed by atoms with Crippen molar-refractivity contribution in [3.63, 3.8) is 0 Å². The van der Waals surface area contributed by atoms with E-state index in [0.717, 1.165) is 25.7 Å². The van der Waals surface area contributed by atoms with Gasteiger partial charge in [0.1, 0.15) is 0 Å². The third-order valence-corrected chi connectivity index (χ3v) is 6.15. The van der Waals surface area contributed by atoms with E-state index in [-0.39, 0.29) is 17.6 Å². The van der Waals surface area contributed by atoms with Crippen LogP contribution in [0.15, 0.2) is 79.0 Å². The molecule has 1 atom stereocenters. The summed E-state index contributed by atoms with van der Waals surface area (Å²) in [6.45, 7) is 0.713. The van der Waals surface area contributed by atoms with E-state index in [1.54, 1.807) is 6.20 Å². The molecule has 2 aliphatic heterocycles. The van der Waals surface area contributed by atoms with Gasteiger partial charge in [0.25, 0.3) is 5.91 Å². The summed E-state index contributed by atoms with van der Waals surface area (Å²) in [6, 6.07) is 24.8. The normalized spacial score (nSPS) is 19.8. The van der Waals surface area contributed by atoms with Gasteiger partial charge < -0.3 is 9.64 Å². The van der Waals surface area contributed by atoms with Crippen molar-refractivity contribution >= 4 is 5.91 Å². The largest absolute Gasteiger partial charge is 0.467 e. The SMILES string of the molecule is O=C1c2ncccc2OC2N1CCCC2(Cc1ccccc1)Cc1ccccc1. The molecule has 1 saturated heterocycles. The number of nitrogens with zero attached hydrogens (tertiary/aromatic N) is 2. The van der Waals surface area contributed by atoms with Crippen LogP contribution in [0.25, 0.3) is 0 Å². The molecule has 2 aromatic carbocycles. The van der Waals surface area contributed by atoms with Gasteiger partial charge >= 0.3 is 0 Å². The third kappa shape index (κ3) is 3.29. The molecular formula is C25H24N2O2. The molecule has 1 fully saturated rings. The first kappa shape index (κ1) is 17.9. The number of carbonyl (C=O) groups excluding carboxylic acids is 1. The van der Waals surface area contributed by atoms with E-state index in [9.17, 15) is 4.79 Å². The van der Waals surface area contributed by atoms with Crippen LogP contribution >= 0.6 is 0 Å². The Balaban J connectivity index is 1.58. The molecule has 0 radical (unpaired) electrons. The highest BCUT2D eigenvalue weighted by Gasteiger charge is 2.51. The van der Waals surface area contributed by atoms with Crippen LogP contribution < -0.4 is 4.74 Å². The molecule has 4 heteroatoms. The molecular weight excluding hydrogens is 360 g/mol. The van der Waals surface area contributed by atoms with Crippen molar-refractivity contribution in [3.8, 4) is 5.75 Å². The Kier molecular flexibility index (Phi) is 4.55. The van der Waals surface area contributed by atoms with Gasteiger partial charge in [-0.1, -0.05) is 60.7 Å². The highest BCUT2D eigenvalue weighted by Crippen LogP contribution is 2.45. The molecule has 29 heavy (non-hydrogen) atoms. The summed E-state index contributed by atoms with van der Waals surface area (Å²) in [5.74, 6) is 0.591. The molecule has 0 spiro atoms. The van der Waals surface area contributed by atoms with Crippen molar-refractivity contribution < 1.29 is 9.53 Å². The molecule has 4 nitrogen and oxygen atoms in total. The highest BCUT2D eigenvalue weighted by atomic mass is 16.5. The van der Waals surface area contributed by atoms with Gasteiger partial charge in [0.15, 0.2) is 17.7 Å². The van der Waals surface area contributed by atoms with Crippen molar-refractivity contribution in [1.29, 1.82) is 0 Å². The van der Waals surface area contributed by atoms with E-state index in [4.69, 9.17) is 4.74 Å². The molecule has 5 rings (SSSR count). The predicted octanol–water partition coefficient (Wildman–Crippen LogP) is 4.51. The van der Waals surface area contributed by atoms with E-state index < -0.39 is 0 Å². The number of carbonyl (C=O) groups is 1. The second-order valence-corrected chi connectivity index (χ2v) is 8.11. The number of hydrogen-bond donors (Lipinski definition) is 0. The fourth-order valence-electron chi connectivity index (χ4n) is 4.89. The van der Waals surface area contributed by atoms with Crippen LogP contribution in [0.1, 0.15) is 34.5 Å². The van der Waals surface area contributed by atoms with Gasteiger partial charge in [0, 0.05) is 18.2 Å². The molecule has 2 aliphatic rings. The van der Waals surface area contributed by atoms with E-state index in [1.807, 2.05) is 29.2 Å². The van der Waals surface area contributed by atoms with Crippen molar-refractivity contribution in [2.24, 2.45) is 5.41 Å². The molecule has 1 aromatic heterocycles. The van der Waals surface area contributed by atoms with E-state index >= 15 is 0 Å². The maximum absolute atomic E-state index is 13.2. The predicted molar refractivity (Wildman–Crippen MR) is 112 cm³/mol. The van der Waals surface area contributed by atoms with Crippen molar-refractivity contribution in [1.82, 2.24) is 9.88 Å². The molecule has 146 valence electrons. The highest BCUT2D eigenvalue weighted by molar-refractivity contribution is 5.96. The average Bonchev–Trinajstić information content (AvgIpc) is 2.76. The molecule has 1 unspecified atom stereocenters. The Labute approximate surface area is 171 Å². The van der Waals surface area contributed by atoms with Crippen LogP contribution in [-0.2, 0) is 12.8 Å². The fourth-order valence-corrected chi connectivity index (χ4v) is 4.89. The van der Waals surface area contributed by atoms with Crippen LogP contribution in [0.4, 0.5) is 0 Å². The maximum atomic E-state index is 13.2. The Bertz CT molecular complexity index is 962. The summed E-state index contributed by atoms with van der Waals surface area (Å²) >= 11 is 0. The smallest absolute Gasteiger partial charge is 0.279 e. The minimum atomic E-state index is -0.291. The zero-order chi connectivity index (χ0) is 19.7. The minimum absolute atomic E-state index is 0.0120. The zero-order valence-electron chi connectivity index (χ0n) is 16.3. The van der Waals surface area contributed by atoms with E-state index in [0.29, 0.717) is 18.0 Å². The average molecular weight is 384 g/mol. The van der Waals surface area contributed by atoms with E-state index in [1.165, 1.54) is 11.1 Å². The molecule has 3 heterocycles. The lowest BCUT2D eigenvalue weighted by atomic mass is 9.69. The number of piperidine rings is 1. The molecule has 0 bridgehead atoms. The topological polar surface area (TPSA) is 42.4 Å². The van der Waals surface area contributed by atoms with Crippen LogP contribution in [0.5, 0.6) is 5.75 Å². The lowest BCUT2D eigenvalue weighted by Crippen LogP contribution is -2.61. The lowest BCUT2D eigenvalue weighted by molar-refractivity contribution is -0.0949. The number of ether oxygens (including phenoxy) is 1. The molecule has 0 aliphatic carbocycles. The summed E-state index contributed by atoms with van der Waals surface area (Å²) < 4.78 is 6.51.